The lowest BCUT2D eigenvalue weighted by atomic mass is 9.98. The lowest BCUT2D eigenvalue weighted by Crippen LogP contribution is -2.23. The molecule has 1 N–H and O–H groups in total. The zero-order chi connectivity index (χ0) is 15.2. The van der Waals surface area contributed by atoms with Gasteiger partial charge in [0, 0.05) is 18.6 Å². The van der Waals surface area contributed by atoms with E-state index in [1.165, 1.54) is 11.1 Å². The van der Waals surface area contributed by atoms with Gasteiger partial charge in [0.05, 0.1) is 18.3 Å². The molecule has 2 aromatic heterocycles. The van der Waals surface area contributed by atoms with Gasteiger partial charge in [-0.2, -0.15) is 0 Å². The van der Waals surface area contributed by atoms with Gasteiger partial charge in [-0.05, 0) is 56.1 Å². The van der Waals surface area contributed by atoms with E-state index in [1.807, 2.05) is 44.6 Å². The molecule has 112 valence electrons. The molecule has 2 aromatic rings. The van der Waals surface area contributed by atoms with Crippen molar-refractivity contribution in [2.45, 2.75) is 39.8 Å². The summed E-state index contributed by atoms with van der Waals surface area (Å²) in [5.74, 6) is 0.798. The first-order valence-electron chi connectivity index (χ1n) is 7.37. The molecule has 0 amide bonds. The van der Waals surface area contributed by atoms with E-state index in [2.05, 4.69) is 29.1 Å². The van der Waals surface area contributed by atoms with Crippen LogP contribution in [0, 0.1) is 6.92 Å². The van der Waals surface area contributed by atoms with Gasteiger partial charge in [-0.3, -0.25) is 9.97 Å². The monoisotopic (exact) mass is 285 g/mol. The van der Waals surface area contributed by atoms with Crippen LogP contribution in [0.4, 0.5) is 0 Å². The SMILES string of the molecule is CCNC(c1cncc(OC(C)C)c1)c1cnccc1C. The molecular formula is C17H23N3O. The molecule has 0 aliphatic rings. The number of pyridine rings is 2. The van der Waals surface area contributed by atoms with Crippen LogP contribution in [-0.2, 0) is 0 Å². The summed E-state index contributed by atoms with van der Waals surface area (Å²) in [5, 5.41) is 3.50. The second-order valence-electron chi connectivity index (χ2n) is 5.34. The van der Waals surface area contributed by atoms with Crippen LogP contribution in [0.3, 0.4) is 0 Å². The Hall–Kier alpha value is -1.94. The van der Waals surface area contributed by atoms with Crippen LogP contribution >= 0.6 is 0 Å². The predicted molar refractivity (Wildman–Crippen MR) is 84.5 cm³/mol. The van der Waals surface area contributed by atoms with E-state index >= 15 is 0 Å². The zero-order valence-corrected chi connectivity index (χ0v) is 13.1. The van der Waals surface area contributed by atoms with E-state index in [1.54, 1.807) is 6.20 Å². The Morgan fingerprint density at radius 3 is 2.67 bits per heavy atom. The van der Waals surface area contributed by atoms with Crippen LogP contribution in [0.5, 0.6) is 5.75 Å². The molecule has 2 rings (SSSR count). The van der Waals surface area contributed by atoms with E-state index in [-0.39, 0.29) is 12.1 Å². The molecule has 0 bridgehead atoms. The molecule has 4 heteroatoms. The van der Waals surface area contributed by atoms with Crippen molar-refractivity contribution >= 4 is 0 Å². The Morgan fingerprint density at radius 1 is 1.19 bits per heavy atom. The Kier molecular flexibility index (Phi) is 5.28. The minimum atomic E-state index is 0.0758. The van der Waals surface area contributed by atoms with E-state index < -0.39 is 0 Å². The number of ether oxygens (including phenoxy) is 1. The van der Waals surface area contributed by atoms with Crippen molar-refractivity contribution in [1.29, 1.82) is 0 Å². The highest BCUT2D eigenvalue weighted by Gasteiger charge is 2.16. The van der Waals surface area contributed by atoms with Crippen molar-refractivity contribution in [2.24, 2.45) is 0 Å². The Morgan fingerprint density at radius 2 is 2.00 bits per heavy atom. The minimum Gasteiger partial charge on any atom is -0.489 e. The summed E-state index contributed by atoms with van der Waals surface area (Å²) < 4.78 is 5.74. The molecule has 0 saturated heterocycles. The first kappa shape index (κ1) is 15.4. The molecule has 1 atom stereocenters. The van der Waals surface area contributed by atoms with Crippen molar-refractivity contribution < 1.29 is 4.74 Å². The molecule has 21 heavy (non-hydrogen) atoms. The van der Waals surface area contributed by atoms with Crippen LogP contribution in [-0.4, -0.2) is 22.6 Å². The number of hydrogen-bond donors (Lipinski definition) is 1. The predicted octanol–water partition coefficient (Wildman–Crippen LogP) is 3.27. The summed E-state index contributed by atoms with van der Waals surface area (Å²) in [5.41, 5.74) is 3.47. The van der Waals surface area contributed by atoms with Gasteiger partial charge in [-0.1, -0.05) is 6.92 Å². The number of nitrogens with zero attached hydrogens (tertiary/aromatic N) is 2. The number of hydrogen-bond acceptors (Lipinski definition) is 4. The molecule has 0 aliphatic carbocycles. The van der Waals surface area contributed by atoms with Crippen molar-refractivity contribution in [2.75, 3.05) is 6.54 Å². The zero-order valence-electron chi connectivity index (χ0n) is 13.1. The van der Waals surface area contributed by atoms with E-state index in [0.29, 0.717) is 0 Å². The van der Waals surface area contributed by atoms with Gasteiger partial charge < -0.3 is 10.1 Å². The van der Waals surface area contributed by atoms with Gasteiger partial charge in [0.2, 0.25) is 0 Å². The third kappa shape index (κ3) is 4.02. The fourth-order valence-corrected chi connectivity index (χ4v) is 2.32. The first-order valence-corrected chi connectivity index (χ1v) is 7.37. The maximum absolute atomic E-state index is 5.74. The molecule has 4 nitrogen and oxygen atoms in total. The summed E-state index contributed by atoms with van der Waals surface area (Å²) in [4.78, 5) is 8.56. The summed E-state index contributed by atoms with van der Waals surface area (Å²) in [6, 6.07) is 4.15. The molecule has 0 spiro atoms. The van der Waals surface area contributed by atoms with Gasteiger partial charge in [-0.25, -0.2) is 0 Å². The molecule has 0 radical (unpaired) electrons. The average molecular weight is 285 g/mol. The Bertz CT molecular complexity index is 584. The lowest BCUT2D eigenvalue weighted by molar-refractivity contribution is 0.241. The summed E-state index contributed by atoms with van der Waals surface area (Å²) in [6.07, 6.45) is 7.51. The third-order valence-electron chi connectivity index (χ3n) is 3.24. The van der Waals surface area contributed by atoms with Crippen LogP contribution in [0.1, 0.15) is 43.5 Å². The second-order valence-corrected chi connectivity index (χ2v) is 5.34. The van der Waals surface area contributed by atoms with Crippen molar-refractivity contribution in [1.82, 2.24) is 15.3 Å². The molecule has 1 unspecified atom stereocenters. The fourth-order valence-electron chi connectivity index (χ4n) is 2.32. The molecule has 0 aromatic carbocycles. The van der Waals surface area contributed by atoms with Crippen LogP contribution in [0.2, 0.25) is 0 Å². The fraction of sp³-hybridized carbons (Fsp3) is 0.412. The summed E-state index contributed by atoms with van der Waals surface area (Å²) >= 11 is 0. The number of aromatic nitrogens is 2. The smallest absolute Gasteiger partial charge is 0.138 e. The second kappa shape index (κ2) is 7.18. The topological polar surface area (TPSA) is 47.0 Å². The highest BCUT2D eigenvalue weighted by atomic mass is 16.5. The van der Waals surface area contributed by atoms with Crippen molar-refractivity contribution in [3.05, 3.63) is 53.6 Å². The summed E-state index contributed by atoms with van der Waals surface area (Å²) in [6.45, 7) is 9.09. The largest absolute Gasteiger partial charge is 0.489 e. The van der Waals surface area contributed by atoms with Crippen LogP contribution in [0.25, 0.3) is 0 Å². The summed E-state index contributed by atoms with van der Waals surface area (Å²) in [7, 11) is 0. The highest BCUT2D eigenvalue weighted by molar-refractivity contribution is 5.36. The van der Waals surface area contributed by atoms with E-state index in [0.717, 1.165) is 17.9 Å². The highest BCUT2D eigenvalue weighted by Crippen LogP contribution is 2.26. The molecule has 0 aliphatic heterocycles. The first-order chi connectivity index (χ1) is 10.1. The molecular weight excluding hydrogens is 262 g/mol. The standard InChI is InChI=1S/C17H23N3O/c1-5-20-17(16-11-18-7-6-13(16)4)14-8-15(10-19-9-14)21-12(2)3/h6-12,17,20H,5H2,1-4H3. The van der Waals surface area contributed by atoms with Gasteiger partial charge in [-0.15, -0.1) is 0 Å². The Labute approximate surface area is 126 Å². The number of aryl methyl sites for hydroxylation is 1. The van der Waals surface area contributed by atoms with Crippen LogP contribution < -0.4 is 10.1 Å². The van der Waals surface area contributed by atoms with Gasteiger partial charge >= 0.3 is 0 Å². The molecule has 0 saturated carbocycles. The van der Waals surface area contributed by atoms with Crippen molar-refractivity contribution in [3.63, 3.8) is 0 Å². The van der Waals surface area contributed by atoms with Crippen LogP contribution in [0.15, 0.2) is 36.9 Å². The average Bonchev–Trinajstić information content (AvgIpc) is 2.45. The normalized spacial score (nSPS) is 12.4. The van der Waals surface area contributed by atoms with E-state index in [4.69, 9.17) is 4.74 Å². The number of rotatable bonds is 6. The van der Waals surface area contributed by atoms with Crippen molar-refractivity contribution in [3.8, 4) is 5.75 Å². The Balaban J connectivity index is 2.36. The van der Waals surface area contributed by atoms with E-state index in [9.17, 15) is 0 Å². The number of nitrogens with one attached hydrogen (secondary N) is 1. The van der Waals surface area contributed by atoms with Gasteiger partial charge in [0.25, 0.3) is 0 Å². The minimum absolute atomic E-state index is 0.0758. The maximum Gasteiger partial charge on any atom is 0.138 e. The quantitative estimate of drug-likeness (QED) is 0.885. The third-order valence-corrected chi connectivity index (χ3v) is 3.24. The van der Waals surface area contributed by atoms with Gasteiger partial charge in [0.15, 0.2) is 0 Å². The lowest BCUT2D eigenvalue weighted by Gasteiger charge is -2.21. The van der Waals surface area contributed by atoms with Gasteiger partial charge in [0.1, 0.15) is 5.75 Å². The molecule has 0 fully saturated rings. The molecule has 2 heterocycles. The maximum atomic E-state index is 5.74.